The average Bonchev–Trinajstić information content (AvgIpc) is 2.46. The Morgan fingerprint density at radius 1 is 0.500 bits per heavy atom. The minimum atomic E-state index is -0.784. The van der Waals surface area contributed by atoms with Gasteiger partial charge in [0.1, 0.15) is 0 Å². The van der Waals surface area contributed by atoms with Crippen LogP contribution in [-0.2, 0) is 9.59 Å². The predicted molar refractivity (Wildman–Crippen MR) is 84.8 cm³/mol. The van der Waals surface area contributed by atoms with Crippen LogP contribution in [0.5, 0.6) is 0 Å². The average molecular weight is 320 g/mol. The molecule has 0 aromatic rings. The Kier molecular flexibility index (Phi) is 20.9. The molecular weight excluding hydrogens is 288 g/mol. The molecule has 0 heterocycles. The normalized spacial score (nSPS) is 9.91. The summed E-state index contributed by atoms with van der Waals surface area (Å²) < 4.78 is 0. The zero-order valence-electron chi connectivity index (χ0n) is 13.5. The third kappa shape index (κ3) is 27.2. The molecule has 0 rings (SSSR count). The monoisotopic (exact) mass is 320 g/mol. The Bertz CT molecular complexity index is 229. The van der Waals surface area contributed by atoms with Gasteiger partial charge in [-0.3, -0.25) is 9.59 Å². The molecule has 0 spiro atoms. The van der Waals surface area contributed by atoms with Gasteiger partial charge in [-0.2, -0.15) is 0 Å². The standard InChI is InChI=1S/C8H14O4.C8H18O2/c9-7(10)5-3-1-2-4-6-8(11)12;9-7-5-3-1-2-4-6-8-10/h1-6H2,(H,9,10)(H,11,12);9-10H,1-8H2. The molecule has 0 unspecified atom stereocenters. The molecule has 0 bridgehead atoms. The van der Waals surface area contributed by atoms with E-state index in [4.69, 9.17) is 20.4 Å². The van der Waals surface area contributed by atoms with Crippen LogP contribution in [0.15, 0.2) is 0 Å². The molecule has 0 saturated heterocycles. The number of carboxylic acid groups (broad SMARTS) is 2. The maximum atomic E-state index is 10.0. The fourth-order valence-corrected chi connectivity index (χ4v) is 1.84. The Balaban J connectivity index is 0. The highest BCUT2D eigenvalue weighted by atomic mass is 16.4. The van der Waals surface area contributed by atoms with Gasteiger partial charge >= 0.3 is 11.9 Å². The summed E-state index contributed by atoms with van der Waals surface area (Å²) in [6.07, 6.45) is 9.78. The van der Waals surface area contributed by atoms with Crippen LogP contribution < -0.4 is 0 Å². The summed E-state index contributed by atoms with van der Waals surface area (Å²) in [5, 5.41) is 33.4. The number of hydrogen-bond donors (Lipinski definition) is 4. The summed E-state index contributed by atoms with van der Waals surface area (Å²) in [4.78, 5) is 20.1. The lowest BCUT2D eigenvalue weighted by atomic mass is 10.1. The van der Waals surface area contributed by atoms with Gasteiger partial charge in [-0.1, -0.05) is 38.5 Å². The van der Waals surface area contributed by atoms with Crippen molar-refractivity contribution >= 4 is 11.9 Å². The van der Waals surface area contributed by atoms with Crippen molar-refractivity contribution in [1.29, 1.82) is 0 Å². The van der Waals surface area contributed by atoms with Crippen LogP contribution in [0, 0.1) is 0 Å². The second-order valence-corrected chi connectivity index (χ2v) is 5.27. The van der Waals surface area contributed by atoms with Gasteiger partial charge in [-0.15, -0.1) is 0 Å². The van der Waals surface area contributed by atoms with E-state index >= 15 is 0 Å². The van der Waals surface area contributed by atoms with E-state index in [-0.39, 0.29) is 12.8 Å². The number of aliphatic hydroxyl groups is 2. The van der Waals surface area contributed by atoms with E-state index in [9.17, 15) is 9.59 Å². The second kappa shape index (κ2) is 19.9. The Labute approximate surface area is 133 Å². The van der Waals surface area contributed by atoms with Gasteiger partial charge in [0.2, 0.25) is 0 Å². The third-order valence-electron chi connectivity index (χ3n) is 3.10. The highest BCUT2D eigenvalue weighted by molar-refractivity contribution is 5.66. The quantitative estimate of drug-likeness (QED) is 0.366. The topological polar surface area (TPSA) is 115 Å². The molecule has 0 atom stereocenters. The molecule has 0 aliphatic heterocycles. The lowest BCUT2D eigenvalue weighted by Gasteiger charge is -1.97. The fraction of sp³-hybridized carbons (Fsp3) is 0.875. The van der Waals surface area contributed by atoms with E-state index < -0.39 is 11.9 Å². The molecule has 0 aliphatic carbocycles. The number of carbonyl (C=O) groups is 2. The Morgan fingerprint density at radius 3 is 1.05 bits per heavy atom. The van der Waals surface area contributed by atoms with Crippen LogP contribution in [0.25, 0.3) is 0 Å². The molecule has 132 valence electrons. The van der Waals surface area contributed by atoms with Crippen molar-refractivity contribution in [2.24, 2.45) is 0 Å². The summed E-state index contributed by atoms with van der Waals surface area (Å²) in [5.74, 6) is -1.57. The van der Waals surface area contributed by atoms with Crippen molar-refractivity contribution in [2.45, 2.75) is 77.0 Å². The zero-order chi connectivity index (χ0) is 17.1. The third-order valence-corrected chi connectivity index (χ3v) is 3.10. The number of unbranched alkanes of at least 4 members (excludes halogenated alkanes) is 8. The lowest BCUT2D eigenvalue weighted by molar-refractivity contribution is -0.138. The Morgan fingerprint density at radius 2 is 0.773 bits per heavy atom. The van der Waals surface area contributed by atoms with Gasteiger partial charge in [0.25, 0.3) is 0 Å². The molecule has 6 heteroatoms. The van der Waals surface area contributed by atoms with Crippen molar-refractivity contribution in [2.75, 3.05) is 13.2 Å². The first-order chi connectivity index (χ1) is 10.5. The van der Waals surface area contributed by atoms with Crippen LogP contribution in [-0.4, -0.2) is 45.6 Å². The SMILES string of the molecule is O=C(O)CCCCCCC(=O)O.OCCCCCCCCO. The van der Waals surface area contributed by atoms with E-state index in [1.165, 1.54) is 12.8 Å². The smallest absolute Gasteiger partial charge is 0.303 e. The van der Waals surface area contributed by atoms with Crippen LogP contribution in [0.1, 0.15) is 77.0 Å². The van der Waals surface area contributed by atoms with Crippen molar-refractivity contribution in [3.8, 4) is 0 Å². The molecule has 0 fully saturated rings. The molecule has 6 nitrogen and oxygen atoms in total. The van der Waals surface area contributed by atoms with E-state index in [0.29, 0.717) is 26.1 Å². The van der Waals surface area contributed by atoms with Crippen molar-refractivity contribution in [1.82, 2.24) is 0 Å². The van der Waals surface area contributed by atoms with Gasteiger partial charge < -0.3 is 20.4 Å². The minimum absolute atomic E-state index is 0.188. The van der Waals surface area contributed by atoms with Crippen LogP contribution in [0.3, 0.4) is 0 Å². The summed E-state index contributed by atoms with van der Waals surface area (Å²) >= 11 is 0. The summed E-state index contributed by atoms with van der Waals surface area (Å²) in [6.45, 7) is 0.639. The van der Waals surface area contributed by atoms with Crippen LogP contribution >= 0.6 is 0 Å². The largest absolute Gasteiger partial charge is 0.481 e. The van der Waals surface area contributed by atoms with Gasteiger partial charge in [-0.25, -0.2) is 0 Å². The van der Waals surface area contributed by atoms with Crippen LogP contribution in [0.4, 0.5) is 0 Å². The van der Waals surface area contributed by atoms with E-state index in [0.717, 1.165) is 38.5 Å². The lowest BCUT2D eigenvalue weighted by Crippen LogP contribution is -1.95. The molecule has 0 radical (unpaired) electrons. The number of aliphatic hydroxyl groups excluding tert-OH is 2. The molecule has 0 amide bonds. The number of aliphatic carboxylic acids is 2. The molecular formula is C16H32O6. The molecule has 0 aromatic heterocycles. The van der Waals surface area contributed by atoms with Gasteiger partial charge in [0.15, 0.2) is 0 Å². The minimum Gasteiger partial charge on any atom is -0.481 e. The van der Waals surface area contributed by atoms with Crippen molar-refractivity contribution in [3.05, 3.63) is 0 Å². The first-order valence-electron chi connectivity index (χ1n) is 8.20. The summed E-state index contributed by atoms with van der Waals surface area (Å²) in [7, 11) is 0. The van der Waals surface area contributed by atoms with Crippen molar-refractivity contribution < 1.29 is 30.0 Å². The molecule has 4 N–H and O–H groups in total. The fourth-order valence-electron chi connectivity index (χ4n) is 1.84. The second-order valence-electron chi connectivity index (χ2n) is 5.27. The van der Waals surface area contributed by atoms with Gasteiger partial charge in [0.05, 0.1) is 0 Å². The zero-order valence-corrected chi connectivity index (χ0v) is 13.5. The Hall–Kier alpha value is -1.14. The molecule has 0 saturated carbocycles. The van der Waals surface area contributed by atoms with Gasteiger partial charge in [-0.05, 0) is 25.7 Å². The first kappa shape index (κ1) is 23.1. The highest BCUT2D eigenvalue weighted by Gasteiger charge is 1.98. The van der Waals surface area contributed by atoms with Gasteiger partial charge in [0, 0.05) is 26.1 Å². The first-order valence-corrected chi connectivity index (χ1v) is 8.20. The summed E-state index contributed by atoms with van der Waals surface area (Å²) in [5.41, 5.74) is 0. The number of carboxylic acids is 2. The van der Waals surface area contributed by atoms with Crippen molar-refractivity contribution in [3.63, 3.8) is 0 Å². The maximum absolute atomic E-state index is 10.0. The maximum Gasteiger partial charge on any atom is 0.303 e. The highest BCUT2D eigenvalue weighted by Crippen LogP contribution is 2.05. The summed E-state index contributed by atoms with van der Waals surface area (Å²) in [6, 6.07) is 0. The van der Waals surface area contributed by atoms with E-state index in [2.05, 4.69) is 0 Å². The molecule has 0 aromatic carbocycles. The molecule has 0 aliphatic rings. The number of hydrogen-bond acceptors (Lipinski definition) is 4. The predicted octanol–water partition coefficient (Wildman–Crippen LogP) is 2.81. The molecule has 22 heavy (non-hydrogen) atoms. The van der Waals surface area contributed by atoms with E-state index in [1.54, 1.807) is 0 Å². The van der Waals surface area contributed by atoms with E-state index in [1.807, 2.05) is 0 Å². The van der Waals surface area contributed by atoms with Crippen LogP contribution in [0.2, 0.25) is 0 Å². The number of rotatable bonds is 14.